The number of thioether (sulfide) groups is 1. The lowest BCUT2D eigenvalue weighted by molar-refractivity contribution is -0.119. The summed E-state index contributed by atoms with van der Waals surface area (Å²) >= 11 is 1.20. The van der Waals surface area contributed by atoms with Gasteiger partial charge < -0.3 is 11.1 Å². The van der Waals surface area contributed by atoms with Gasteiger partial charge in [-0.25, -0.2) is 8.78 Å². The van der Waals surface area contributed by atoms with Gasteiger partial charge in [0.2, 0.25) is 5.91 Å². The van der Waals surface area contributed by atoms with E-state index >= 15 is 0 Å². The summed E-state index contributed by atoms with van der Waals surface area (Å²) < 4.78 is 25.8. The number of carbonyl (C=O) groups is 1. The molecule has 0 heterocycles. The first kappa shape index (κ1) is 18.2. The molecule has 0 atom stereocenters. The van der Waals surface area contributed by atoms with Crippen LogP contribution in [0.3, 0.4) is 0 Å². The third-order valence-corrected chi connectivity index (χ3v) is 4.39. The fourth-order valence-electron chi connectivity index (χ4n) is 2.25. The molecule has 1 amide bonds. The molecule has 0 bridgehead atoms. The van der Waals surface area contributed by atoms with Crippen molar-refractivity contribution in [3.05, 3.63) is 29.8 Å². The van der Waals surface area contributed by atoms with Gasteiger partial charge >= 0.3 is 0 Å². The first-order chi connectivity index (χ1) is 9.54. The molecule has 1 aliphatic rings. The Morgan fingerprint density at radius 3 is 2.52 bits per heavy atom. The van der Waals surface area contributed by atoms with Crippen molar-refractivity contribution in [2.24, 2.45) is 5.73 Å². The van der Waals surface area contributed by atoms with Gasteiger partial charge in [-0.05, 0) is 43.9 Å². The van der Waals surface area contributed by atoms with Gasteiger partial charge in [0.05, 0.1) is 5.75 Å². The predicted octanol–water partition coefficient (Wildman–Crippen LogP) is 2.86. The summed E-state index contributed by atoms with van der Waals surface area (Å²) in [7, 11) is 0. The molecule has 118 valence electrons. The molecule has 0 aliphatic heterocycles. The zero-order valence-electron chi connectivity index (χ0n) is 11.5. The van der Waals surface area contributed by atoms with E-state index in [1.165, 1.54) is 17.8 Å². The predicted molar refractivity (Wildman–Crippen MR) is 82.7 cm³/mol. The quantitative estimate of drug-likeness (QED) is 0.831. The van der Waals surface area contributed by atoms with E-state index in [1.807, 2.05) is 0 Å². The standard InChI is InChI=1S/C14H18F2N2OS.ClH/c15-12-6-5-11(7-13(12)16)20-8-14(19)18-10-3-1-9(17)2-4-10;/h5-7,9-10H,1-4,8,17H2,(H,18,19);1H. The highest BCUT2D eigenvalue weighted by Gasteiger charge is 2.19. The third-order valence-electron chi connectivity index (χ3n) is 3.40. The molecule has 21 heavy (non-hydrogen) atoms. The molecule has 0 saturated heterocycles. The van der Waals surface area contributed by atoms with Crippen LogP contribution in [0.1, 0.15) is 25.7 Å². The van der Waals surface area contributed by atoms with Crippen molar-refractivity contribution in [3.8, 4) is 0 Å². The Balaban J connectivity index is 0.00000220. The smallest absolute Gasteiger partial charge is 0.230 e. The molecule has 0 aromatic heterocycles. The second-order valence-electron chi connectivity index (χ2n) is 5.04. The van der Waals surface area contributed by atoms with E-state index in [1.54, 1.807) is 0 Å². The fourth-order valence-corrected chi connectivity index (χ4v) is 2.98. The maximum atomic E-state index is 13.0. The van der Waals surface area contributed by atoms with Gasteiger partial charge in [-0.15, -0.1) is 24.2 Å². The van der Waals surface area contributed by atoms with E-state index < -0.39 is 11.6 Å². The highest BCUT2D eigenvalue weighted by Crippen LogP contribution is 2.21. The van der Waals surface area contributed by atoms with Crippen molar-refractivity contribution < 1.29 is 13.6 Å². The van der Waals surface area contributed by atoms with Crippen LogP contribution in [0, 0.1) is 11.6 Å². The number of amides is 1. The van der Waals surface area contributed by atoms with Crippen LogP contribution in [0.5, 0.6) is 0 Å². The topological polar surface area (TPSA) is 55.1 Å². The largest absolute Gasteiger partial charge is 0.353 e. The van der Waals surface area contributed by atoms with Gasteiger partial charge in [-0.1, -0.05) is 0 Å². The number of hydrogen-bond acceptors (Lipinski definition) is 3. The molecule has 2 rings (SSSR count). The van der Waals surface area contributed by atoms with Crippen LogP contribution in [0.25, 0.3) is 0 Å². The van der Waals surface area contributed by atoms with Crippen LogP contribution < -0.4 is 11.1 Å². The molecule has 1 fully saturated rings. The van der Waals surface area contributed by atoms with Crippen molar-refractivity contribution >= 4 is 30.1 Å². The Bertz CT molecular complexity index is 482. The maximum Gasteiger partial charge on any atom is 0.230 e. The number of carbonyl (C=O) groups excluding carboxylic acids is 1. The Kier molecular flexibility index (Phi) is 7.42. The van der Waals surface area contributed by atoms with Crippen LogP contribution in [0.4, 0.5) is 8.78 Å². The molecule has 1 aliphatic carbocycles. The van der Waals surface area contributed by atoms with Gasteiger partial charge in [0.25, 0.3) is 0 Å². The minimum absolute atomic E-state index is 0. The van der Waals surface area contributed by atoms with Crippen LogP contribution in [0.2, 0.25) is 0 Å². The van der Waals surface area contributed by atoms with Crippen molar-refractivity contribution in [3.63, 3.8) is 0 Å². The average Bonchev–Trinajstić information content (AvgIpc) is 2.43. The first-order valence-electron chi connectivity index (χ1n) is 6.67. The third kappa shape index (κ3) is 5.80. The Morgan fingerprint density at radius 2 is 1.90 bits per heavy atom. The van der Waals surface area contributed by atoms with Gasteiger partial charge in [0.1, 0.15) is 0 Å². The van der Waals surface area contributed by atoms with Gasteiger partial charge in [-0.3, -0.25) is 4.79 Å². The van der Waals surface area contributed by atoms with Crippen molar-refractivity contribution in [1.29, 1.82) is 0 Å². The number of halogens is 3. The lowest BCUT2D eigenvalue weighted by Crippen LogP contribution is -2.41. The van der Waals surface area contributed by atoms with E-state index in [0.29, 0.717) is 4.90 Å². The first-order valence-corrected chi connectivity index (χ1v) is 7.66. The highest BCUT2D eigenvalue weighted by atomic mass is 35.5. The second kappa shape index (κ2) is 8.56. The van der Waals surface area contributed by atoms with Gasteiger partial charge in [-0.2, -0.15) is 0 Å². The second-order valence-corrected chi connectivity index (χ2v) is 6.09. The van der Waals surface area contributed by atoms with E-state index in [2.05, 4.69) is 5.32 Å². The Hall–Kier alpha value is -0.850. The van der Waals surface area contributed by atoms with Gasteiger partial charge in [0.15, 0.2) is 11.6 Å². The molecular weight excluding hydrogens is 318 g/mol. The zero-order valence-corrected chi connectivity index (χ0v) is 13.1. The number of benzene rings is 1. The van der Waals surface area contributed by atoms with Crippen molar-refractivity contribution in [1.82, 2.24) is 5.32 Å². The normalized spacial score (nSPS) is 21.5. The lowest BCUT2D eigenvalue weighted by Gasteiger charge is -2.26. The fraction of sp³-hybridized carbons (Fsp3) is 0.500. The summed E-state index contributed by atoms with van der Waals surface area (Å²) in [6, 6.07) is 4.08. The number of nitrogens with one attached hydrogen (secondary N) is 1. The molecule has 0 radical (unpaired) electrons. The van der Waals surface area contributed by atoms with Crippen molar-refractivity contribution in [2.45, 2.75) is 42.7 Å². The monoisotopic (exact) mass is 336 g/mol. The average molecular weight is 337 g/mol. The Labute approximate surface area is 133 Å². The Morgan fingerprint density at radius 1 is 1.24 bits per heavy atom. The SMILES string of the molecule is Cl.NC1CCC(NC(=O)CSc2ccc(F)c(F)c2)CC1. The molecule has 3 N–H and O–H groups in total. The number of nitrogens with two attached hydrogens (primary N) is 1. The van der Waals surface area contributed by atoms with Crippen LogP contribution >= 0.6 is 24.2 Å². The van der Waals surface area contributed by atoms with E-state index in [-0.39, 0.29) is 36.2 Å². The summed E-state index contributed by atoms with van der Waals surface area (Å²) in [6.45, 7) is 0. The minimum Gasteiger partial charge on any atom is -0.353 e. The summed E-state index contributed by atoms with van der Waals surface area (Å²) in [4.78, 5) is 12.3. The van der Waals surface area contributed by atoms with Crippen LogP contribution in [0.15, 0.2) is 23.1 Å². The summed E-state index contributed by atoms with van der Waals surface area (Å²) in [5.74, 6) is -1.65. The zero-order chi connectivity index (χ0) is 14.5. The van der Waals surface area contributed by atoms with E-state index in [4.69, 9.17) is 5.73 Å². The molecule has 0 spiro atoms. The lowest BCUT2D eigenvalue weighted by atomic mass is 9.92. The molecule has 1 aromatic rings. The molecule has 1 aromatic carbocycles. The molecule has 1 saturated carbocycles. The molecule has 0 unspecified atom stereocenters. The highest BCUT2D eigenvalue weighted by molar-refractivity contribution is 8.00. The number of rotatable bonds is 4. The van der Waals surface area contributed by atoms with Gasteiger partial charge in [0, 0.05) is 17.0 Å². The summed E-state index contributed by atoms with van der Waals surface area (Å²) in [6.07, 6.45) is 3.67. The van der Waals surface area contributed by atoms with Crippen LogP contribution in [-0.4, -0.2) is 23.7 Å². The van der Waals surface area contributed by atoms with E-state index in [0.717, 1.165) is 37.8 Å². The summed E-state index contributed by atoms with van der Waals surface area (Å²) in [5, 5.41) is 2.95. The molecule has 3 nitrogen and oxygen atoms in total. The number of hydrogen-bond donors (Lipinski definition) is 2. The summed E-state index contributed by atoms with van der Waals surface area (Å²) in [5.41, 5.74) is 5.81. The molecule has 7 heteroatoms. The van der Waals surface area contributed by atoms with E-state index in [9.17, 15) is 13.6 Å². The maximum absolute atomic E-state index is 13.0. The van der Waals surface area contributed by atoms with Crippen molar-refractivity contribution in [2.75, 3.05) is 5.75 Å². The minimum atomic E-state index is -0.892. The van der Waals surface area contributed by atoms with Crippen LogP contribution in [-0.2, 0) is 4.79 Å². The molecular formula is C14H19ClF2N2OS.